The molecule has 0 aliphatic rings. The van der Waals surface area contributed by atoms with Gasteiger partial charge in [0.1, 0.15) is 23.6 Å². The van der Waals surface area contributed by atoms with E-state index in [9.17, 15) is 4.79 Å². The summed E-state index contributed by atoms with van der Waals surface area (Å²) in [6.07, 6.45) is 1.35. The summed E-state index contributed by atoms with van der Waals surface area (Å²) >= 11 is 5.98. The van der Waals surface area contributed by atoms with Crippen molar-refractivity contribution in [3.63, 3.8) is 0 Å². The Morgan fingerprint density at radius 1 is 1.11 bits per heavy atom. The van der Waals surface area contributed by atoms with E-state index in [4.69, 9.17) is 16.3 Å². The van der Waals surface area contributed by atoms with Crippen LogP contribution in [0.4, 0.5) is 17.2 Å². The van der Waals surface area contributed by atoms with Crippen LogP contribution in [0.25, 0.3) is 0 Å². The number of amides is 1. The highest BCUT2D eigenvalue weighted by Crippen LogP contribution is 2.23. The van der Waals surface area contributed by atoms with Gasteiger partial charge in [0.2, 0.25) is 0 Å². The van der Waals surface area contributed by atoms with Gasteiger partial charge in [0.15, 0.2) is 0 Å². The summed E-state index contributed by atoms with van der Waals surface area (Å²) in [6, 6.07) is 14.3. The molecule has 0 atom stereocenters. The first kappa shape index (κ1) is 18.7. The van der Waals surface area contributed by atoms with E-state index >= 15 is 0 Å². The van der Waals surface area contributed by atoms with E-state index in [0.717, 1.165) is 17.0 Å². The van der Waals surface area contributed by atoms with E-state index in [0.29, 0.717) is 23.1 Å². The van der Waals surface area contributed by atoms with Crippen LogP contribution in [0.3, 0.4) is 0 Å². The van der Waals surface area contributed by atoms with Crippen LogP contribution in [0.2, 0.25) is 5.02 Å². The second kappa shape index (κ2) is 8.51. The lowest BCUT2D eigenvalue weighted by atomic mass is 10.2. The number of aryl methyl sites for hydroxylation is 1. The van der Waals surface area contributed by atoms with Gasteiger partial charge in [-0.25, -0.2) is 9.97 Å². The van der Waals surface area contributed by atoms with Crippen molar-refractivity contribution in [3.05, 3.63) is 71.1 Å². The monoisotopic (exact) mass is 382 g/mol. The van der Waals surface area contributed by atoms with Crippen LogP contribution >= 0.6 is 11.6 Å². The molecule has 3 aromatic rings. The quantitative estimate of drug-likeness (QED) is 0.638. The second-order valence-electron chi connectivity index (χ2n) is 5.78. The fourth-order valence-electron chi connectivity index (χ4n) is 2.45. The first-order valence-electron chi connectivity index (χ1n) is 8.44. The summed E-state index contributed by atoms with van der Waals surface area (Å²) in [5, 5.41) is 6.64. The highest BCUT2D eigenvalue weighted by molar-refractivity contribution is 6.30. The van der Waals surface area contributed by atoms with Gasteiger partial charge < -0.3 is 15.4 Å². The third-order valence-electron chi connectivity index (χ3n) is 3.77. The SMILES string of the molecule is CCOc1ccc(NC(=O)c2cc(Nc3ccc(Cl)cc3C)ncn2)cc1. The zero-order valence-electron chi connectivity index (χ0n) is 15.0. The Kier molecular flexibility index (Phi) is 5.88. The molecule has 2 aromatic carbocycles. The molecule has 0 aliphatic heterocycles. The van der Waals surface area contributed by atoms with Crippen molar-refractivity contribution < 1.29 is 9.53 Å². The fourth-order valence-corrected chi connectivity index (χ4v) is 2.68. The van der Waals surface area contributed by atoms with Crippen LogP contribution in [0.1, 0.15) is 23.0 Å². The number of hydrogen-bond donors (Lipinski definition) is 2. The van der Waals surface area contributed by atoms with Crippen molar-refractivity contribution in [2.45, 2.75) is 13.8 Å². The molecule has 0 unspecified atom stereocenters. The lowest BCUT2D eigenvalue weighted by molar-refractivity contribution is 0.102. The molecular formula is C20H19ClN4O2. The summed E-state index contributed by atoms with van der Waals surface area (Å²) in [6.45, 7) is 4.45. The Morgan fingerprint density at radius 2 is 1.89 bits per heavy atom. The predicted molar refractivity (Wildman–Crippen MR) is 107 cm³/mol. The molecule has 27 heavy (non-hydrogen) atoms. The van der Waals surface area contributed by atoms with Crippen LogP contribution in [0, 0.1) is 6.92 Å². The summed E-state index contributed by atoms with van der Waals surface area (Å²) in [4.78, 5) is 20.7. The van der Waals surface area contributed by atoms with Crippen LogP contribution in [-0.4, -0.2) is 22.5 Å². The van der Waals surface area contributed by atoms with Gasteiger partial charge in [-0.05, 0) is 61.9 Å². The highest BCUT2D eigenvalue weighted by Gasteiger charge is 2.10. The van der Waals surface area contributed by atoms with Crippen molar-refractivity contribution in [2.75, 3.05) is 17.2 Å². The predicted octanol–water partition coefficient (Wildman–Crippen LogP) is 4.83. The average molecular weight is 383 g/mol. The molecule has 2 N–H and O–H groups in total. The number of halogens is 1. The molecule has 1 heterocycles. The molecule has 0 bridgehead atoms. The molecule has 0 radical (unpaired) electrons. The molecule has 3 rings (SSSR count). The van der Waals surface area contributed by atoms with Crippen molar-refractivity contribution in [2.24, 2.45) is 0 Å². The number of carbonyl (C=O) groups excluding carboxylic acids is 1. The smallest absolute Gasteiger partial charge is 0.274 e. The third kappa shape index (κ3) is 4.95. The van der Waals surface area contributed by atoms with Crippen LogP contribution in [0.15, 0.2) is 54.9 Å². The van der Waals surface area contributed by atoms with Crippen molar-refractivity contribution in [1.82, 2.24) is 9.97 Å². The van der Waals surface area contributed by atoms with Gasteiger partial charge in [-0.15, -0.1) is 0 Å². The largest absolute Gasteiger partial charge is 0.494 e. The van der Waals surface area contributed by atoms with E-state index < -0.39 is 0 Å². The number of benzene rings is 2. The van der Waals surface area contributed by atoms with Crippen molar-refractivity contribution >= 4 is 34.7 Å². The second-order valence-corrected chi connectivity index (χ2v) is 6.22. The van der Waals surface area contributed by atoms with Crippen LogP contribution in [0.5, 0.6) is 5.75 Å². The molecule has 0 fully saturated rings. The fraction of sp³-hybridized carbons (Fsp3) is 0.150. The summed E-state index contributed by atoms with van der Waals surface area (Å²) in [5.74, 6) is 0.951. The molecule has 1 amide bonds. The molecule has 0 spiro atoms. The molecule has 138 valence electrons. The Balaban J connectivity index is 1.71. The maximum Gasteiger partial charge on any atom is 0.274 e. The van der Waals surface area contributed by atoms with Gasteiger partial charge in [-0.2, -0.15) is 0 Å². The summed E-state index contributed by atoms with van der Waals surface area (Å²) in [5.41, 5.74) is 2.75. The van der Waals surface area contributed by atoms with E-state index in [1.54, 1.807) is 36.4 Å². The van der Waals surface area contributed by atoms with Gasteiger partial charge >= 0.3 is 0 Å². The number of carbonyl (C=O) groups is 1. The van der Waals surface area contributed by atoms with Gasteiger partial charge in [-0.3, -0.25) is 4.79 Å². The lowest BCUT2D eigenvalue weighted by Crippen LogP contribution is -2.14. The third-order valence-corrected chi connectivity index (χ3v) is 4.01. The molecular weight excluding hydrogens is 364 g/mol. The molecule has 6 nitrogen and oxygen atoms in total. The minimum atomic E-state index is -0.322. The maximum absolute atomic E-state index is 12.5. The molecule has 0 aliphatic carbocycles. The highest BCUT2D eigenvalue weighted by atomic mass is 35.5. The number of nitrogens with zero attached hydrogens (tertiary/aromatic N) is 2. The first-order chi connectivity index (χ1) is 13.0. The number of rotatable bonds is 6. The zero-order valence-corrected chi connectivity index (χ0v) is 15.7. The Hall–Kier alpha value is -3.12. The van der Waals surface area contributed by atoms with Crippen LogP contribution in [-0.2, 0) is 0 Å². The normalized spacial score (nSPS) is 10.3. The Bertz CT molecular complexity index is 945. The van der Waals surface area contributed by atoms with Gasteiger partial charge in [0.25, 0.3) is 5.91 Å². The molecule has 1 aromatic heterocycles. The van der Waals surface area contributed by atoms with E-state index in [1.807, 2.05) is 26.0 Å². The van der Waals surface area contributed by atoms with E-state index in [2.05, 4.69) is 20.6 Å². The van der Waals surface area contributed by atoms with Gasteiger partial charge in [0, 0.05) is 22.5 Å². The molecule has 0 saturated heterocycles. The number of nitrogens with one attached hydrogen (secondary N) is 2. The number of anilines is 3. The topological polar surface area (TPSA) is 76.1 Å². The van der Waals surface area contributed by atoms with Crippen molar-refractivity contribution in [3.8, 4) is 5.75 Å². The van der Waals surface area contributed by atoms with Gasteiger partial charge in [0.05, 0.1) is 6.61 Å². The Morgan fingerprint density at radius 3 is 2.59 bits per heavy atom. The minimum absolute atomic E-state index is 0.257. The Labute approximate surface area is 162 Å². The maximum atomic E-state index is 12.5. The van der Waals surface area contributed by atoms with E-state index in [-0.39, 0.29) is 11.6 Å². The molecule has 0 saturated carbocycles. The van der Waals surface area contributed by atoms with E-state index in [1.165, 1.54) is 6.33 Å². The lowest BCUT2D eigenvalue weighted by Gasteiger charge is -2.10. The number of aromatic nitrogens is 2. The number of hydrogen-bond acceptors (Lipinski definition) is 5. The standard InChI is InChI=1S/C20H19ClN4O2/c1-3-27-16-7-5-15(6-8-16)24-20(26)18-11-19(23-12-22-18)25-17-9-4-14(21)10-13(17)2/h4-12H,3H2,1-2H3,(H,24,26)(H,22,23,25). The zero-order chi connectivity index (χ0) is 19.2. The number of ether oxygens (including phenoxy) is 1. The summed E-state index contributed by atoms with van der Waals surface area (Å²) < 4.78 is 5.39. The average Bonchev–Trinajstić information content (AvgIpc) is 2.66. The van der Waals surface area contributed by atoms with Crippen LogP contribution < -0.4 is 15.4 Å². The molecule has 7 heteroatoms. The van der Waals surface area contributed by atoms with Crippen molar-refractivity contribution in [1.29, 1.82) is 0 Å². The minimum Gasteiger partial charge on any atom is -0.494 e. The first-order valence-corrected chi connectivity index (χ1v) is 8.82. The van der Waals surface area contributed by atoms with Gasteiger partial charge in [-0.1, -0.05) is 11.6 Å². The summed E-state index contributed by atoms with van der Waals surface area (Å²) in [7, 11) is 0.